The Morgan fingerprint density at radius 1 is 1.12 bits per heavy atom. The molecule has 3 atom stereocenters. The average molecular weight is 461 g/mol. The normalized spacial score (nSPS) is 21.4. The summed E-state index contributed by atoms with van der Waals surface area (Å²) >= 11 is 0. The quantitative estimate of drug-likeness (QED) is 0.446. The van der Waals surface area contributed by atoms with E-state index in [1.165, 1.54) is 0 Å². The van der Waals surface area contributed by atoms with Crippen molar-refractivity contribution in [3.05, 3.63) is 60.7 Å². The van der Waals surface area contributed by atoms with E-state index in [9.17, 15) is 9.59 Å². The lowest BCUT2D eigenvalue weighted by molar-refractivity contribution is -0.130. The fraction of sp³-hybridized carbons (Fsp3) is 0.320. The number of urea groups is 1. The minimum atomic E-state index is -0.560. The Kier molecular flexibility index (Phi) is 6.18. The van der Waals surface area contributed by atoms with Gasteiger partial charge in [-0.1, -0.05) is 48.9 Å². The van der Waals surface area contributed by atoms with Gasteiger partial charge >= 0.3 is 6.03 Å². The molecule has 9 heteroatoms. The van der Waals surface area contributed by atoms with Crippen LogP contribution in [-0.2, 0) is 4.79 Å². The van der Waals surface area contributed by atoms with E-state index in [0.29, 0.717) is 29.6 Å². The molecule has 3 unspecified atom stereocenters. The number of carbonyl (C=O) groups is 2. The van der Waals surface area contributed by atoms with Crippen LogP contribution in [0.15, 0.2) is 60.7 Å². The smallest absolute Gasteiger partial charge is 0.324 e. The van der Waals surface area contributed by atoms with Crippen molar-refractivity contribution in [1.82, 2.24) is 20.4 Å². The third-order valence-corrected chi connectivity index (χ3v) is 6.23. The van der Waals surface area contributed by atoms with E-state index in [1.807, 2.05) is 49.4 Å². The van der Waals surface area contributed by atoms with Crippen LogP contribution in [0, 0.1) is 5.92 Å². The molecule has 2 aliphatic rings. The van der Waals surface area contributed by atoms with Gasteiger partial charge in [-0.15, -0.1) is 0 Å². The number of aromatic nitrogens is 2. The van der Waals surface area contributed by atoms with Gasteiger partial charge in [-0.2, -0.15) is 5.10 Å². The highest BCUT2D eigenvalue weighted by atomic mass is 16.5. The number of hydrogen-bond donors (Lipinski definition) is 4. The molecule has 2 heterocycles. The summed E-state index contributed by atoms with van der Waals surface area (Å²) in [5, 5.41) is 17.0. The highest BCUT2D eigenvalue weighted by Gasteiger charge is 2.40. The summed E-state index contributed by atoms with van der Waals surface area (Å²) in [6.07, 6.45) is 2.29. The molecular formula is C25H28N6O3. The van der Waals surface area contributed by atoms with Gasteiger partial charge in [0.1, 0.15) is 11.6 Å². The van der Waals surface area contributed by atoms with Crippen molar-refractivity contribution in [2.24, 2.45) is 5.92 Å². The number of fused-ring (bicyclic) bond motifs is 1. The van der Waals surface area contributed by atoms with Crippen molar-refractivity contribution in [3.8, 4) is 17.0 Å². The van der Waals surface area contributed by atoms with Gasteiger partial charge in [0, 0.05) is 17.7 Å². The zero-order chi connectivity index (χ0) is 23.5. The summed E-state index contributed by atoms with van der Waals surface area (Å²) in [5.74, 6) is 1.05. The molecule has 4 N–H and O–H groups in total. The Bertz CT molecular complexity index is 1180. The summed E-state index contributed by atoms with van der Waals surface area (Å²) in [4.78, 5) is 25.6. The second-order valence-corrected chi connectivity index (χ2v) is 8.46. The number of rotatable bonds is 6. The van der Waals surface area contributed by atoms with Crippen molar-refractivity contribution in [2.45, 2.75) is 38.5 Å². The summed E-state index contributed by atoms with van der Waals surface area (Å²) in [7, 11) is 0. The molecule has 0 spiro atoms. The predicted molar refractivity (Wildman–Crippen MR) is 129 cm³/mol. The number of anilines is 2. The van der Waals surface area contributed by atoms with E-state index in [4.69, 9.17) is 9.84 Å². The monoisotopic (exact) mass is 460 g/mol. The summed E-state index contributed by atoms with van der Waals surface area (Å²) in [6.45, 7) is 2.38. The van der Waals surface area contributed by atoms with Gasteiger partial charge in [0.15, 0.2) is 6.29 Å². The molecule has 2 fully saturated rings. The number of carbonyl (C=O) groups excluding carboxylic acids is 2. The van der Waals surface area contributed by atoms with Crippen molar-refractivity contribution in [3.63, 3.8) is 0 Å². The third-order valence-electron chi connectivity index (χ3n) is 6.23. The average Bonchev–Trinajstić information content (AvgIpc) is 3.49. The van der Waals surface area contributed by atoms with Gasteiger partial charge in [0.2, 0.25) is 5.91 Å². The second-order valence-electron chi connectivity index (χ2n) is 8.46. The van der Waals surface area contributed by atoms with Crippen LogP contribution in [0.5, 0.6) is 5.75 Å². The number of nitrogens with one attached hydrogen (secondary N) is 4. The number of para-hydroxylation sites is 2. The van der Waals surface area contributed by atoms with E-state index in [2.05, 4.69) is 21.3 Å². The highest BCUT2D eigenvalue weighted by molar-refractivity contribution is 6.00. The topological polar surface area (TPSA) is 109 Å². The van der Waals surface area contributed by atoms with Gasteiger partial charge in [-0.05, 0) is 31.9 Å². The largest absolute Gasteiger partial charge is 0.492 e. The summed E-state index contributed by atoms with van der Waals surface area (Å²) in [6, 6.07) is 18.4. The molecular weight excluding hydrogens is 432 g/mol. The molecule has 176 valence electrons. The maximum atomic E-state index is 12.9. The SMILES string of the molecule is CCOc1ccccc1NC(=O)Nc1cc(-c2ccccc2)nn1C1NC(=O)C2CCCC2N1. The lowest BCUT2D eigenvalue weighted by Gasteiger charge is -2.34. The molecule has 34 heavy (non-hydrogen) atoms. The van der Waals surface area contributed by atoms with Gasteiger partial charge in [0.05, 0.1) is 23.9 Å². The molecule has 1 aromatic heterocycles. The van der Waals surface area contributed by atoms with Crippen LogP contribution < -0.4 is 26.0 Å². The summed E-state index contributed by atoms with van der Waals surface area (Å²) in [5.41, 5.74) is 2.16. The fourth-order valence-corrected chi connectivity index (χ4v) is 4.65. The number of ether oxygens (including phenoxy) is 1. The first kappa shape index (κ1) is 22.0. The van der Waals surface area contributed by atoms with E-state index in [-0.39, 0.29) is 17.9 Å². The Hall–Kier alpha value is -3.85. The molecule has 1 saturated carbocycles. The molecule has 3 aromatic rings. The first-order valence-corrected chi connectivity index (χ1v) is 11.6. The summed E-state index contributed by atoms with van der Waals surface area (Å²) < 4.78 is 7.23. The van der Waals surface area contributed by atoms with Crippen molar-refractivity contribution in [1.29, 1.82) is 0 Å². The first-order valence-electron chi connectivity index (χ1n) is 11.6. The maximum Gasteiger partial charge on any atom is 0.324 e. The lowest BCUT2D eigenvalue weighted by atomic mass is 10.0. The molecule has 1 aliphatic carbocycles. The highest BCUT2D eigenvalue weighted by Crippen LogP contribution is 2.32. The maximum absolute atomic E-state index is 12.9. The Balaban J connectivity index is 1.42. The van der Waals surface area contributed by atoms with Gasteiger partial charge in [-0.3, -0.25) is 15.4 Å². The van der Waals surface area contributed by atoms with Crippen molar-refractivity contribution >= 4 is 23.4 Å². The first-order chi connectivity index (χ1) is 16.6. The van der Waals surface area contributed by atoms with Gasteiger partial charge in [0.25, 0.3) is 0 Å². The van der Waals surface area contributed by atoms with E-state index in [1.54, 1.807) is 22.9 Å². The number of amides is 3. The van der Waals surface area contributed by atoms with Crippen LogP contribution in [0.25, 0.3) is 11.3 Å². The van der Waals surface area contributed by atoms with Crippen LogP contribution in [0.1, 0.15) is 32.5 Å². The lowest BCUT2D eigenvalue weighted by Crippen LogP contribution is -2.57. The van der Waals surface area contributed by atoms with Crippen molar-refractivity contribution in [2.75, 3.05) is 17.2 Å². The van der Waals surface area contributed by atoms with Gasteiger partial charge < -0.3 is 15.4 Å². The minimum Gasteiger partial charge on any atom is -0.492 e. The number of nitrogens with zero attached hydrogens (tertiary/aromatic N) is 2. The van der Waals surface area contributed by atoms with Crippen LogP contribution >= 0.6 is 0 Å². The van der Waals surface area contributed by atoms with E-state index in [0.717, 1.165) is 24.8 Å². The Morgan fingerprint density at radius 3 is 2.74 bits per heavy atom. The van der Waals surface area contributed by atoms with Crippen molar-refractivity contribution < 1.29 is 14.3 Å². The minimum absolute atomic E-state index is 0.0176. The molecule has 0 radical (unpaired) electrons. The van der Waals surface area contributed by atoms with Crippen LogP contribution in [0.3, 0.4) is 0 Å². The Labute approximate surface area is 197 Å². The molecule has 5 rings (SSSR count). The van der Waals surface area contributed by atoms with E-state index >= 15 is 0 Å². The fourth-order valence-electron chi connectivity index (χ4n) is 4.65. The number of hydrogen-bond acceptors (Lipinski definition) is 5. The van der Waals surface area contributed by atoms with Crippen LogP contribution in [0.4, 0.5) is 16.3 Å². The zero-order valence-corrected chi connectivity index (χ0v) is 19.0. The van der Waals surface area contributed by atoms with Gasteiger partial charge in [-0.25, -0.2) is 9.48 Å². The zero-order valence-electron chi connectivity index (χ0n) is 19.0. The number of benzene rings is 2. The standard InChI is InChI=1S/C25H28N6O3/c1-2-34-21-14-7-6-12-19(21)27-25(33)28-22-15-20(16-9-4-3-5-10-16)30-31(22)24-26-18-13-8-11-17(18)23(32)29-24/h3-7,9-10,12,14-15,17-18,24,26H,2,8,11,13H2,1H3,(H,29,32)(H2,27,28,33). The molecule has 1 saturated heterocycles. The third kappa shape index (κ3) is 4.47. The predicted octanol–water partition coefficient (Wildman–Crippen LogP) is 3.94. The van der Waals surface area contributed by atoms with Crippen LogP contribution in [0.2, 0.25) is 0 Å². The molecule has 3 amide bonds. The molecule has 2 aromatic carbocycles. The Morgan fingerprint density at radius 2 is 1.91 bits per heavy atom. The van der Waals surface area contributed by atoms with Crippen LogP contribution in [-0.4, -0.2) is 34.4 Å². The molecule has 9 nitrogen and oxygen atoms in total. The molecule has 1 aliphatic heterocycles. The van der Waals surface area contributed by atoms with E-state index < -0.39 is 12.3 Å². The second kappa shape index (κ2) is 9.56. The molecule has 0 bridgehead atoms.